The average molecular weight is 321 g/mol. The van der Waals surface area contributed by atoms with E-state index in [0.29, 0.717) is 18.3 Å². The fraction of sp³-hybridized carbons (Fsp3) is 0.667. The van der Waals surface area contributed by atoms with Crippen LogP contribution >= 0.6 is 11.3 Å². The van der Waals surface area contributed by atoms with Crippen LogP contribution in [0.3, 0.4) is 0 Å². The number of hydrogen-bond acceptors (Lipinski definition) is 5. The van der Waals surface area contributed by atoms with Crippen LogP contribution in [0.1, 0.15) is 36.3 Å². The number of carbonyl (C=O) groups excluding carboxylic acids is 2. The van der Waals surface area contributed by atoms with Crippen LogP contribution in [-0.4, -0.2) is 41.0 Å². The Balaban J connectivity index is 1.42. The van der Waals surface area contributed by atoms with E-state index in [-0.39, 0.29) is 23.8 Å². The number of hydrogen-bond donors (Lipinski definition) is 1. The summed E-state index contributed by atoms with van der Waals surface area (Å²) in [5, 5.41) is 3.49. The molecule has 0 aromatic carbocycles. The lowest BCUT2D eigenvalue weighted by Gasteiger charge is -2.26. The Morgan fingerprint density at radius 1 is 1.32 bits per heavy atom. The second kappa shape index (κ2) is 5.62. The van der Waals surface area contributed by atoms with Crippen molar-refractivity contribution in [2.75, 3.05) is 18.5 Å². The molecule has 3 heterocycles. The van der Waals surface area contributed by atoms with Crippen molar-refractivity contribution in [2.24, 2.45) is 5.92 Å². The van der Waals surface area contributed by atoms with E-state index in [4.69, 9.17) is 4.74 Å². The molecule has 0 radical (unpaired) electrons. The normalized spacial score (nSPS) is 24.2. The first kappa shape index (κ1) is 14.1. The van der Waals surface area contributed by atoms with Gasteiger partial charge >= 0.3 is 0 Å². The molecular weight excluding hydrogens is 302 g/mol. The zero-order chi connectivity index (χ0) is 15.1. The number of rotatable bonds is 3. The maximum Gasteiger partial charge on any atom is 0.255 e. The number of nitrogens with zero attached hydrogens (tertiary/aromatic N) is 2. The van der Waals surface area contributed by atoms with E-state index in [1.165, 1.54) is 11.3 Å². The fourth-order valence-electron chi connectivity index (χ4n) is 3.00. The van der Waals surface area contributed by atoms with E-state index >= 15 is 0 Å². The highest BCUT2D eigenvalue weighted by Gasteiger charge is 2.35. The Labute approximate surface area is 132 Å². The maximum atomic E-state index is 12.2. The summed E-state index contributed by atoms with van der Waals surface area (Å²) in [6.45, 7) is 2.04. The zero-order valence-electron chi connectivity index (χ0n) is 12.3. The molecule has 6 nitrogen and oxygen atoms in total. The lowest BCUT2D eigenvalue weighted by atomic mass is 10.1. The van der Waals surface area contributed by atoms with E-state index in [0.717, 1.165) is 49.2 Å². The minimum atomic E-state index is -0.339. The lowest BCUT2D eigenvalue weighted by molar-refractivity contribution is -0.133. The van der Waals surface area contributed by atoms with Gasteiger partial charge < -0.3 is 9.64 Å². The Hall–Kier alpha value is -1.47. The molecule has 1 saturated heterocycles. The summed E-state index contributed by atoms with van der Waals surface area (Å²) in [7, 11) is 0. The van der Waals surface area contributed by atoms with E-state index in [9.17, 15) is 9.59 Å². The molecule has 2 aliphatic heterocycles. The molecule has 118 valence electrons. The van der Waals surface area contributed by atoms with Crippen LogP contribution in [0.15, 0.2) is 0 Å². The van der Waals surface area contributed by atoms with Gasteiger partial charge in [0.2, 0.25) is 5.91 Å². The molecule has 1 aliphatic carbocycles. The first-order valence-electron chi connectivity index (χ1n) is 7.90. The van der Waals surface area contributed by atoms with Gasteiger partial charge in [-0.2, -0.15) is 0 Å². The van der Waals surface area contributed by atoms with Crippen molar-refractivity contribution >= 4 is 28.3 Å². The van der Waals surface area contributed by atoms with Crippen molar-refractivity contribution in [1.82, 2.24) is 9.88 Å². The Morgan fingerprint density at radius 3 is 2.91 bits per heavy atom. The highest BCUT2D eigenvalue weighted by Crippen LogP contribution is 2.34. The standard InChI is InChI=1S/C15H19N3O3S/c19-13(11-2-1-7-21-11)17-15-16-10-5-6-18(8-12(10)22-15)14(20)9-3-4-9/h9,11H,1-8H2,(H,16,17,19). The summed E-state index contributed by atoms with van der Waals surface area (Å²) in [6.07, 6.45) is 4.22. The molecule has 2 fully saturated rings. The lowest BCUT2D eigenvalue weighted by Crippen LogP contribution is -2.36. The van der Waals surface area contributed by atoms with Crippen LogP contribution in [0.25, 0.3) is 0 Å². The average Bonchev–Trinajstić information content (AvgIpc) is 3.07. The SMILES string of the molecule is O=C(Nc1nc2c(s1)CN(C(=O)C1CC1)CC2)C1CCCO1. The van der Waals surface area contributed by atoms with E-state index in [1.54, 1.807) is 0 Å². The third kappa shape index (κ3) is 2.75. The predicted molar refractivity (Wildman–Crippen MR) is 81.6 cm³/mol. The molecule has 0 spiro atoms. The van der Waals surface area contributed by atoms with Crippen molar-refractivity contribution in [1.29, 1.82) is 0 Å². The Morgan fingerprint density at radius 2 is 2.18 bits per heavy atom. The summed E-state index contributed by atoms with van der Waals surface area (Å²) in [5.74, 6) is 0.437. The van der Waals surface area contributed by atoms with Crippen LogP contribution in [0, 0.1) is 5.92 Å². The van der Waals surface area contributed by atoms with Gasteiger partial charge in [-0.15, -0.1) is 0 Å². The van der Waals surface area contributed by atoms with Crippen molar-refractivity contribution in [2.45, 2.75) is 44.8 Å². The molecule has 1 aromatic rings. The summed E-state index contributed by atoms with van der Waals surface area (Å²) in [6, 6.07) is 0. The van der Waals surface area contributed by atoms with Gasteiger partial charge in [0, 0.05) is 30.4 Å². The summed E-state index contributed by atoms with van der Waals surface area (Å²) in [5.41, 5.74) is 1.02. The number of carbonyl (C=O) groups is 2. The minimum Gasteiger partial charge on any atom is -0.368 e. The number of nitrogens with one attached hydrogen (secondary N) is 1. The van der Waals surface area contributed by atoms with Gasteiger partial charge in [-0.05, 0) is 25.7 Å². The molecule has 1 unspecified atom stereocenters. The Bertz CT molecular complexity index is 605. The first-order valence-corrected chi connectivity index (χ1v) is 8.72. The third-order valence-electron chi connectivity index (χ3n) is 4.42. The Kier molecular flexibility index (Phi) is 3.62. The number of fused-ring (bicyclic) bond motifs is 1. The molecule has 22 heavy (non-hydrogen) atoms. The van der Waals surface area contributed by atoms with Crippen LogP contribution in [-0.2, 0) is 27.3 Å². The van der Waals surface area contributed by atoms with Gasteiger partial charge in [-0.1, -0.05) is 11.3 Å². The first-order chi connectivity index (χ1) is 10.7. The largest absolute Gasteiger partial charge is 0.368 e. The topological polar surface area (TPSA) is 71.5 Å². The number of thiazole rings is 1. The summed E-state index contributed by atoms with van der Waals surface area (Å²) < 4.78 is 5.38. The van der Waals surface area contributed by atoms with Crippen LogP contribution in [0.2, 0.25) is 0 Å². The second-order valence-electron chi connectivity index (χ2n) is 6.16. The predicted octanol–water partition coefficient (Wildman–Crippen LogP) is 1.56. The molecule has 1 N–H and O–H groups in total. The molecule has 1 atom stereocenters. The van der Waals surface area contributed by atoms with Gasteiger partial charge in [0.25, 0.3) is 5.91 Å². The van der Waals surface area contributed by atoms with E-state index in [2.05, 4.69) is 10.3 Å². The monoisotopic (exact) mass is 321 g/mol. The van der Waals surface area contributed by atoms with Crippen LogP contribution in [0.4, 0.5) is 5.13 Å². The minimum absolute atomic E-state index is 0.102. The van der Waals surface area contributed by atoms with E-state index < -0.39 is 0 Å². The summed E-state index contributed by atoms with van der Waals surface area (Å²) >= 11 is 1.48. The molecule has 4 rings (SSSR count). The summed E-state index contributed by atoms with van der Waals surface area (Å²) in [4.78, 5) is 31.8. The van der Waals surface area contributed by atoms with Crippen molar-refractivity contribution < 1.29 is 14.3 Å². The van der Waals surface area contributed by atoms with Crippen LogP contribution in [0.5, 0.6) is 0 Å². The van der Waals surface area contributed by atoms with Crippen molar-refractivity contribution in [3.05, 3.63) is 10.6 Å². The molecule has 0 bridgehead atoms. The van der Waals surface area contributed by atoms with Gasteiger partial charge in [-0.25, -0.2) is 4.98 Å². The van der Waals surface area contributed by atoms with Gasteiger partial charge in [0.05, 0.1) is 12.2 Å². The highest BCUT2D eigenvalue weighted by atomic mass is 32.1. The molecule has 1 saturated carbocycles. The van der Waals surface area contributed by atoms with Gasteiger partial charge in [0.15, 0.2) is 5.13 Å². The molecule has 7 heteroatoms. The van der Waals surface area contributed by atoms with Gasteiger partial charge in [-0.3, -0.25) is 14.9 Å². The number of amides is 2. The van der Waals surface area contributed by atoms with E-state index in [1.807, 2.05) is 4.90 Å². The van der Waals surface area contributed by atoms with Crippen molar-refractivity contribution in [3.63, 3.8) is 0 Å². The fourth-order valence-corrected chi connectivity index (χ4v) is 4.02. The van der Waals surface area contributed by atoms with Crippen molar-refractivity contribution in [3.8, 4) is 0 Å². The van der Waals surface area contributed by atoms with Gasteiger partial charge in [0.1, 0.15) is 6.10 Å². The molecule has 3 aliphatic rings. The smallest absolute Gasteiger partial charge is 0.255 e. The zero-order valence-corrected chi connectivity index (χ0v) is 13.2. The number of anilines is 1. The molecule has 2 amide bonds. The highest BCUT2D eigenvalue weighted by molar-refractivity contribution is 7.15. The third-order valence-corrected chi connectivity index (χ3v) is 5.42. The molecular formula is C15H19N3O3S. The maximum absolute atomic E-state index is 12.2. The second-order valence-corrected chi connectivity index (χ2v) is 7.25. The number of ether oxygens (including phenoxy) is 1. The number of aromatic nitrogens is 1. The molecule has 1 aromatic heterocycles. The quantitative estimate of drug-likeness (QED) is 0.917. The van der Waals surface area contributed by atoms with Crippen LogP contribution < -0.4 is 5.32 Å².